The highest BCUT2D eigenvalue weighted by Crippen LogP contribution is 2.45. The van der Waals surface area contributed by atoms with E-state index in [1.54, 1.807) is 10.8 Å². The molecule has 0 saturated heterocycles. The van der Waals surface area contributed by atoms with E-state index < -0.39 is 15.5 Å². The number of hydrogen-bond acceptors (Lipinski definition) is 8. The molecule has 0 radical (unpaired) electrons. The van der Waals surface area contributed by atoms with Gasteiger partial charge in [0, 0.05) is 18.8 Å². The Bertz CT molecular complexity index is 1020. The maximum atomic E-state index is 12.9. The topological polar surface area (TPSA) is 99.9 Å². The molecular weight excluding hydrogens is 429 g/mol. The van der Waals surface area contributed by atoms with E-state index in [9.17, 15) is 21.6 Å². The predicted molar refractivity (Wildman–Crippen MR) is 105 cm³/mol. The second kappa shape index (κ2) is 7.52. The Morgan fingerprint density at radius 2 is 2.03 bits per heavy atom. The minimum Gasteiger partial charge on any atom is -0.371 e. The van der Waals surface area contributed by atoms with Gasteiger partial charge >= 0.3 is 15.5 Å². The molecule has 158 valence electrons. The van der Waals surface area contributed by atoms with Crippen molar-refractivity contribution in [1.82, 2.24) is 10.2 Å². The lowest BCUT2D eigenvalue weighted by molar-refractivity contribution is -0.0429. The number of rotatable bonds is 5. The summed E-state index contributed by atoms with van der Waals surface area (Å²) in [5, 5.41) is 15.3. The van der Waals surface area contributed by atoms with Gasteiger partial charge in [-0.1, -0.05) is 25.2 Å². The molecule has 8 nitrogen and oxygen atoms in total. The molecule has 0 saturated carbocycles. The first-order chi connectivity index (χ1) is 13.4. The molecule has 0 bridgehead atoms. The van der Waals surface area contributed by atoms with Crippen molar-refractivity contribution in [2.24, 2.45) is 10.2 Å². The van der Waals surface area contributed by atoms with E-state index in [2.05, 4.69) is 20.4 Å². The first-order valence-corrected chi connectivity index (χ1v) is 11.0. The van der Waals surface area contributed by atoms with Crippen molar-refractivity contribution in [3.8, 4) is 0 Å². The maximum absolute atomic E-state index is 12.9. The third-order valence-corrected chi connectivity index (χ3v) is 6.38. The van der Waals surface area contributed by atoms with Crippen LogP contribution in [0.1, 0.15) is 32.8 Å². The number of anilines is 2. The van der Waals surface area contributed by atoms with E-state index in [0.29, 0.717) is 18.8 Å². The second-order valence-corrected chi connectivity index (χ2v) is 9.56. The van der Waals surface area contributed by atoms with Crippen molar-refractivity contribution in [2.45, 2.75) is 38.1 Å². The van der Waals surface area contributed by atoms with Crippen molar-refractivity contribution >= 4 is 43.6 Å². The number of halogens is 3. The first kappa shape index (κ1) is 21.4. The van der Waals surface area contributed by atoms with Gasteiger partial charge in [0.15, 0.2) is 0 Å². The predicted octanol–water partition coefficient (Wildman–Crippen LogP) is 4.72. The van der Waals surface area contributed by atoms with Crippen LogP contribution in [0.25, 0.3) is 0 Å². The van der Waals surface area contributed by atoms with Gasteiger partial charge in [0.05, 0.1) is 5.69 Å². The lowest BCUT2D eigenvalue weighted by atomic mass is 9.77. The van der Waals surface area contributed by atoms with Gasteiger partial charge in [0.2, 0.25) is 0 Å². The summed E-state index contributed by atoms with van der Waals surface area (Å²) in [7, 11) is -5.62. The average Bonchev–Trinajstić information content (AvgIpc) is 3.12. The zero-order valence-electron chi connectivity index (χ0n) is 15.9. The van der Waals surface area contributed by atoms with Crippen LogP contribution in [0.5, 0.6) is 0 Å². The van der Waals surface area contributed by atoms with Gasteiger partial charge in [-0.3, -0.25) is 4.72 Å². The van der Waals surface area contributed by atoms with Crippen molar-refractivity contribution in [3.05, 3.63) is 23.2 Å². The highest BCUT2D eigenvalue weighted by atomic mass is 32.2. The lowest BCUT2D eigenvalue weighted by Crippen LogP contribution is -2.37. The quantitative estimate of drug-likeness (QED) is 0.667. The molecule has 1 aliphatic heterocycles. The molecule has 1 aromatic carbocycles. The number of sulfonamides is 1. The largest absolute Gasteiger partial charge is 0.516 e. The highest BCUT2D eigenvalue weighted by Gasteiger charge is 2.46. The van der Waals surface area contributed by atoms with Crippen LogP contribution < -0.4 is 9.62 Å². The fourth-order valence-corrected chi connectivity index (χ4v) is 3.99. The summed E-state index contributed by atoms with van der Waals surface area (Å²) in [5.41, 5.74) is -3.11. The van der Waals surface area contributed by atoms with Crippen LogP contribution in [-0.2, 0) is 15.4 Å². The molecule has 2 aromatic rings. The summed E-state index contributed by atoms with van der Waals surface area (Å²) < 4.78 is 63.8. The van der Waals surface area contributed by atoms with Crippen LogP contribution in [0.4, 0.5) is 35.4 Å². The summed E-state index contributed by atoms with van der Waals surface area (Å²) in [6.07, 6.45) is 0.828. The minimum atomic E-state index is -5.62. The van der Waals surface area contributed by atoms with E-state index >= 15 is 0 Å². The Kier molecular flexibility index (Phi) is 5.56. The second-order valence-electron chi connectivity index (χ2n) is 7.07. The Labute approximate surface area is 169 Å². The van der Waals surface area contributed by atoms with E-state index in [0.717, 1.165) is 23.3 Å². The molecule has 2 heterocycles. The molecule has 0 unspecified atom stereocenters. The van der Waals surface area contributed by atoms with Gasteiger partial charge in [-0.15, -0.1) is 20.4 Å². The molecule has 29 heavy (non-hydrogen) atoms. The van der Waals surface area contributed by atoms with Gasteiger partial charge in [0.25, 0.3) is 5.13 Å². The monoisotopic (exact) mass is 448 g/mol. The average molecular weight is 448 g/mol. The molecule has 1 N–H and O–H groups in total. The number of fused-ring (bicyclic) bond motifs is 1. The highest BCUT2D eigenvalue weighted by molar-refractivity contribution is 7.93. The SMILES string of the molecule is CCN1CCC(C)(C)c2cc(N=Nc3nncs3)c(NS(=O)(=O)C(F)(F)F)cc21. The van der Waals surface area contributed by atoms with Crippen LogP contribution >= 0.6 is 11.3 Å². The number of nitrogens with one attached hydrogen (secondary N) is 1. The van der Waals surface area contributed by atoms with E-state index in [1.807, 2.05) is 25.7 Å². The van der Waals surface area contributed by atoms with Gasteiger partial charge in [-0.25, -0.2) is 0 Å². The molecule has 0 atom stereocenters. The zero-order valence-corrected chi connectivity index (χ0v) is 17.5. The van der Waals surface area contributed by atoms with Crippen LogP contribution in [0.3, 0.4) is 0 Å². The number of benzene rings is 1. The van der Waals surface area contributed by atoms with E-state index in [-0.39, 0.29) is 21.9 Å². The van der Waals surface area contributed by atoms with Crippen LogP contribution in [0.15, 0.2) is 27.9 Å². The molecule has 0 spiro atoms. The van der Waals surface area contributed by atoms with Gasteiger partial charge < -0.3 is 4.90 Å². The zero-order chi connectivity index (χ0) is 21.4. The molecule has 1 aromatic heterocycles. The van der Waals surface area contributed by atoms with Crippen molar-refractivity contribution in [1.29, 1.82) is 0 Å². The number of hydrogen-bond donors (Lipinski definition) is 1. The Morgan fingerprint density at radius 1 is 1.31 bits per heavy atom. The molecule has 0 fully saturated rings. The number of azo groups is 1. The Balaban J connectivity index is 2.16. The number of nitrogens with zero attached hydrogens (tertiary/aromatic N) is 5. The fourth-order valence-electron chi connectivity index (χ4n) is 3.05. The summed E-state index contributed by atoms with van der Waals surface area (Å²) in [5.74, 6) is 0. The van der Waals surface area contributed by atoms with Gasteiger partial charge in [0.1, 0.15) is 11.2 Å². The maximum Gasteiger partial charge on any atom is 0.516 e. The van der Waals surface area contributed by atoms with Crippen molar-refractivity contribution in [3.63, 3.8) is 0 Å². The minimum absolute atomic E-state index is 0.0298. The third-order valence-electron chi connectivity index (χ3n) is 4.71. The van der Waals surface area contributed by atoms with Gasteiger partial charge in [-0.2, -0.15) is 21.6 Å². The number of aromatic nitrogens is 2. The molecule has 3 rings (SSSR count). The summed E-state index contributed by atoms with van der Waals surface area (Å²) >= 11 is 1.09. The summed E-state index contributed by atoms with van der Waals surface area (Å²) in [6, 6.07) is 2.97. The van der Waals surface area contributed by atoms with Crippen molar-refractivity contribution < 1.29 is 21.6 Å². The van der Waals surface area contributed by atoms with Crippen LogP contribution in [0, 0.1) is 0 Å². The third kappa shape index (κ3) is 4.34. The molecule has 13 heteroatoms. The summed E-state index contributed by atoms with van der Waals surface area (Å²) in [4.78, 5) is 1.98. The Morgan fingerprint density at radius 3 is 2.62 bits per heavy atom. The van der Waals surface area contributed by atoms with Gasteiger partial charge in [-0.05, 0) is 36.5 Å². The molecule has 1 aliphatic rings. The van der Waals surface area contributed by atoms with E-state index in [4.69, 9.17) is 0 Å². The molecular formula is C16H19F3N6O2S2. The fraction of sp³-hybridized carbons (Fsp3) is 0.500. The first-order valence-electron chi connectivity index (χ1n) is 8.65. The standard InChI is InChI=1S/C16H19F3N6O2S2/c1-4-25-6-5-15(2,3)10-7-11(21-23-14-22-20-9-28-14)12(8-13(10)25)24-29(26,27)16(17,18)19/h7-9,24H,4-6H2,1-3H3. The number of alkyl halides is 3. The summed E-state index contributed by atoms with van der Waals surface area (Å²) in [6.45, 7) is 7.28. The van der Waals surface area contributed by atoms with E-state index in [1.165, 1.54) is 11.6 Å². The van der Waals surface area contributed by atoms with Crippen LogP contribution in [-0.4, -0.2) is 37.2 Å². The normalized spacial score (nSPS) is 16.8. The van der Waals surface area contributed by atoms with Crippen molar-refractivity contribution in [2.75, 3.05) is 22.7 Å². The van der Waals surface area contributed by atoms with Crippen LogP contribution in [0.2, 0.25) is 0 Å². The molecule has 0 aliphatic carbocycles. The Hall–Kier alpha value is -2.28. The smallest absolute Gasteiger partial charge is 0.371 e. The lowest BCUT2D eigenvalue weighted by Gasteiger charge is -2.40. The molecule has 0 amide bonds.